The standard InChI is InChI=1S/C9H9N3OS/c1-11-9(13)6-14-8-3-2-7(4-10)12-5-8/h2-3,5H,6H2,1H3,(H,11,13). The molecule has 1 rings (SSSR count). The van der Waals surface area contributed by atoms with Crippen LogP contribution in [0.15, 0.2) is 23.2 Å². The second-order valence-electron chi connectivity index (χ2n) is 2.45. The van der Waals surface area contributed by atoms with Gasteiger partial charge in [0.1, 0.15) is 11.8 Å². The lowest BCUT2D eigenvalue weighted by atomic mass is 10.4. The molecule has 0 radical (unpaired) electrons. The first kappa shape index (κ1) is 10.5. The number of amides is 1. The Morgan fingerprint density at radius 3 is 3.00 bits per heavy atom. The summed E-state index contributed by atoms with van der Waals surface area (Å²) in [4.78, 5) is 15.7. The molecule has 1 amide bonds. The highest BCUT2D eigenvalue weighted by molar-refractivity contribution is 8.00. The Bertz CT molecular complexity index is 355. The van der Waals surface area contributed by atoms with E-state index in [2.05, 4.69) is 10.3 Å². The van der Waals surface area contributed by atoms with Crippen LogP contribution in [0.3, 0.4) is 0 Å². The van der Waals surface area contributed by atoms with Gasteiger partial charge in [-0.1, -0.05) is 0 Å². The third-order valence-electron chi connectivity index (χ3n) is 1.50. The Hall–Kier alpha value is -1.54. The molecular weight excluding hydrogens is 198 g/mol. The number of hydrogen-bond acceptors (Lipinski definition) is 4. The molecule has 1 aromatic heterocycles. The predicted octanol–water partition coefficient (Wildman–Crippen LogP) is 0.791. The van der Waals surface area contributed by atoms with E-state index in [1.165, 1.54) is 11.8 Å². The van der Waals surface area contributed by atoms with Crippen molar-refractivity contribution in [2.45, 2.75) is 4.90 Å². The fourth-order valence-corrected chi connectivity index (χ4v) is 1.49. The monoisotopic (exact) mass is 207 g/mol. The summed E-state index contributed by atoms with van der Waals surface area (Å²) in [7, 11) is 1.60. The molecule has 0 aliphatic rings. The minimum atomic E-state index is -0.0284. The average molecular weight is 207 g/mol. The van der Waals surface area contributed by atoms with E-state index >= 15 is 0 Å². The van der Waals surface area contributed by atoms with E-state index in [1.54, 1.807) is 25.4 Å². The molecule has 0 fully saturated rings. The summed E-state index contributed by atoms with van der Waals surface area (Å²) in [5.41, 5.74) is 0.384. The zero-order valence-corrected chi connectivity index (χ0v) is 8.47. The van der Waals surface area contributed by atoms with Crippen molar-refractivity contribution in [3.63, 3.8) is 0 Å². The average Bonchev–Trinajstić information content (AvgIpc) is 2.26. The highest BCUT2D eigenvalue weighted by Gasteiger charge is 2.00. The molecular formula is C9H9N3OS. The Balaban J connectivity index is 2.53. The zero-order chi connectivity index (χ0) is 10.4. The van der Waals surface area contributed by atoms with Crippen molar-refractivity contribution in [1.29, 1.82) is 5.26 Å². The van der Waals surface area contributed by atoms with Gasteiger partial charge >= 0.3 is 0 Å². The summed E-state index contributed by atoms with van der Waals surface area (Å²) < 4.78 is 0. The molecule has 1 aromatic rings. The fourth-order valence-electron chi connectivity index (χ4n) is 0.753. The molecule has 0 aliphatic heterocycles. The van der Waals surface area contributed by atoms with Crippen LogP contribution in [-0.4, -0.2) is 23.7 Å². The molecule has 0 unspecified atom stereocenters. The summed E-state index contributed by atoms with van der Waals surface area (Å²) in [6.45, 7) is 0. The van der Waals surface area contributed by atoms with Crippen molar-refractivity contribution < 1.29 is 4.79 Å². The number of thioether (sulfide) groups is 1. The topological polar surface area (TPSA) is 65.8 Å². The van der Waals surface area contributed by atoms with Gasteiger partial charge in [-0.05, 0) is 12.1 Å². The van der Waals surface area contributed by atoms with Crippen LogP contribution in [0.1, 0.15) is 5.69 Å². The van der Waals surface area contributed by atoms with Gasteiger partial charge in [-0.25, -0.2) is 4.98 Å². The van der Waals surface area contributed by atoms with Gasteiger partial charge in [0.05, 0.1) is 5.75 Å². The van der Waals surface area contributed by atoms with Crippen molar-refractivity contribution in [3.05, 3.63) is 24.0 Å². The summed E-state index contributed by atoms with van der Waals surface area (Å²) in [6, 6.07) is 5.34. The maximum absolute atomic E-state index is 10.9. The number of carbonyl (C=O) groups is 1. The van der Waals surface area contributed by atoms with Crippen LogP contribution in [-0.2, 0) is 4.79 Å². The fraction of sp³-hybridized carbons (Fsp3) is 0.222. The minimum absolute atomic E-state index is 0.0284. The molecule has 0 aliphatic carbocycles. The molecule has 5 heteroatoms. The highest BCUT2D eigenvalue weighted by Crippen LogP contribution is 2.15. The Kier molecular flexibility index (Phi) is 3.95. The smallest absolute Gasteiger partial charge is 0.230 e. The molecule has 0 aromatic carbocycles. The predicted molar refractivity (Wildman–Crippen MR) is 53.7 cm³/mol. The van der Waals surface area contributed by atoms with E-state index in [-0.39, 0.29) is 5.91 Å². The molecule has 1 heterocycles. The van der Waals surface area contributed by atoms with Crippen LogP contribution in [0, 0.1) is 11.3 Å². The van der Waals surface area contributed by atoms with Gasteiger partial charge in [-0.3, -0.25) is 4.79 Å². The molecule has 0 atom stereocenters. The first-order chi connectivity index (χ1) is 6.76. The van der Waals surface area contributed by atoms with E-state index < -0.39 is 0 Å². The normalized spacial score (nSPS) is 9.14. The Labute approximate surface area is 86.3 Å². The van der Waals surface area contributed by atoms with E-state index in [4.69, 9.17) is 5.26 Å². The molecule has 72 valence electrons. The lowest BCUT2D eigenvalue weighted by Crippen LogP contribution is -2.19. The quantitative estimate of drug-likeness (QED) is 0.744. The lowest BCUT2D eigenvalue weighted by Gasteiger charge is -1.99. The molecule has 0 spiro atoms. The molecule has 0 saturated carbocycles. The SMILES string of the molecule is CNC(=O)CSc1ccc(C#N)nc1. The maximum atomic E-state index is 10.9. The van der Waals surface area contributed by atoms with Crippen LogP contribution in [0.5, 0.6) is 0 Å². The largest absolute Gasteiger partial charge is 0.358 e. The van der Waals surface area contributed by atoms with Gasteiger partial charge in [0.25, 0.3) is 0 Å². The number of nitriles is 1. The summed E-state index contributed by atoms with van der Waals surface area (Å²) in [5.74, 6) is 0.337. The number of rotatable bonds is 3. The Morgan fingerprint density at radius 2 is 2.50 bits per heavy atom. The van der Waals surface area contributed by atoms with Gasteiger partial charge in [0.2, 0.25) is 5.91 Å². The van der Waals surface area contributed by atoms with E-state index in [1.807, 2.05) is 6.07 Å². The van der Waals surface area contributed by atoms with Crippen LogP contribution in [0.25, 0.3) is 0 Å². The molecule has 1 N–H and O–H groups in total. The first-order valence-corrected chi connectivity index (χ1v) is 4.94. The summed E-state index contributed by atoms with van der Waals surface area (Å²) >= 11 is 1.39. The van der Waals surface area contributed by atoms with E-state index in [0.717, 1.165) is 4.90 Å². The molecule has 4 nitrogen and oxygen atoms in total. The number of aromatic nitrogens is 1. The number of hydrogen-bond donors (Lipinski definition) is 1. The van der Waals surface area contributed by atoms with Gasteiger partial charge in [0, 0.05) is 18.1 Å². The highest BCUT2D eigenvalue weighted by atomic mass is 32.2. The van der Waals surface area contributed by atoms with Gasteiger partial charge < -0.3 is 5.32 Å². The number of pyridine rings is 1. The second-order valence-corrected chi connectivity index (χ2v) is 3.50. The third-order valence-corrected chi connectivity index (χ3v) is 2.48. The lowest BCUT2D eigenvalue weighted by molar-refractivity contribution is -0.118. The zero-order valence-electron chi connectivity index (χ0n) is 7.65. The van der Waals surface area contributed by atoms with Crippen molar-refractivity contribution in [1.82, 2.24) is 10.3 Å². The van der Waals surface area contributed by atoms with Crippen molar-refractivity contribution >= 4 is 17.7 Å². The minimum Gasteiger partial charge on any atom is -0.358 e. The Morgan fingerprint density at radius 1 is 1.71 bits per heavy atom. The first-order valence-electron chi connectivity index (χ1n) is 3.96. The number of carbonyl (C=O) groups excluding carboxylic acids is 1. The molecule has 14 heavy (non-hydrogen) atoms. The van der Waals surface area contributed by atoms with E-state index in [9.17, 15) is 4.79 Å². The van der Waals surface area contributed by atoms with Crippen LogP contribution in [0.4, 0.5) is 0 Å². The summed E-state index contributed by atoms with van der Waals surface area (Å²) in [6.07, 6.45) is 1.59. The van der Waals surface area contributed by atoms with Crippen molar-refractivity contribution in [3.8, 4) is 6.07 Å². The molecule has 0 bridgehead atoms. The number of nitrogens with one attached hydrogen (secondary N) is 1. The van der Waals surface area contributed by atoms with Gasteiger partial charge in [0.15, 0.2) is 0 Å². The van der Waals surface area contributed by atoms with E-state index in [0.29, 0.717) is 11.4 Å². The van der Waals surface area contributed by atoms with Gasteiger partial charge in [-0.2, -0.15) is 5.26 Å². The van der Waals surface area contributed by atoms with Crippen LogP contribution in [0.2, 0.25) is 0 Å². The maximum Gasteiger partial charge on any atom is 0.230 e. The van der Waals surface area contributed by atoms with Crippen LogP contribution >= 0.6 is 11.8 Å². The third kappa shape index (κ3) is 3.07. The van der Waals surface area contributed by atoms with Crippen molar-refractivity contribution in [2.24, 2.45) is 0 Å². The molecule has 0 saturated heterocycles. The summed E-state index contributed by atoms with van der Waals surface area (Å²) in [5, 5.41) is 11.0. The van der Waals surface area contributed by atoms with Crippen LogP contribution < -0.4 is 5.32 Å². The van der Waals surface area contributed by atoms with Crippen molar-refractivity contribution in [2.75, 3.05) is 12.8 Å². The van der Waals surface area contributed by atoms with Gasteiger partial charge in [-0.15, -0.1) is 11.8 Å². The number of nitrogens with zero attached hydrogens (tertiary/aromatic N) is 2. The second kappa shape index (κ2) is 5.25.